The number of para-hydroxylation sites is 1. The Bertz CT molecular complexity index is 1240. The number of ether oxygens (including phenoxy) is 2. The monoisotopic (exact) mass is 476 g/mol. The van der Waals surface area contributed by atoms with Gasteiger partial charge in [0.25, 0.3) is 10.0 Å². The molecule has 3 aromatic carbocycles. The molecule has 10 heteroatoms. The number of carbonyl (C=O) groups excluding carboxylic acids is 1. The molecule has 3 rings (SSSR count). The van der Waals surface area contributed by atoms with Crippen molar-refractivity contribution in [3.05, 3.63) is 77.9 Å². The first kappa shape index (κ1) is 24.0. The zero-order valence-electron chi connectivity index (χ0n) is 18.1. The second kappa shape index (κ2) is 9.86. The van der Waals surface area contributed by atoms with E-state index in [2.05, 4.69) is 5.32 Å². The van der Waals surface area contributed by atoms with Crippen molar-refractivity contribution in [2.45, 2.75) is 11.8 Å². The van der Waals surface area contributed by atoms with Crippen molar-refractivity contribution in [3.8, 4) is 11.5 Å². The number of nitrogens with one attached hydrogen (secondary N) is 1. The highest BCUT2D eigenvalue weighted by molar-refractivity contribution is 7.92. The molecule has 0 aliphatic rings. The van der Waals surface area contributed by atoms with Gasteiger partial charge >= 0.3 is 0 Å². The first-order valence-corrected chi connectivity index (χ1v) is 11.2. The highest BCUT2D eigenvalue weighted by Crippen LogP contribution is 2.35. The van der Waals surface area contributed by atoms with Crippen molar-refractivity contribution in [1.29, 1.82) is 0 Å². The fourth-order valence-corrected chi connectivity index (χ4v) is 4.48. The van der Waals surface area contributed by atoms with Gasteiger partial charge in [-0.05, 0) is 43.3 Å². The van der Waals surface area contributed by atoms with Crippen LogP contribution < -0.4 is 19.1 Å². The van der Waals surface area contributed by atoms with E-state index < -0.39 is 39.8 Å². The Morgan fingerprint density at radius 3 is 2.18 bits per heavy atom. The molecule has 0 saturated heterocycles. The average Bonchev–Trinajstić information content (AvgIpc) is 2.79. The number of hydrogen-bond acceptors (Lipinski definition) is 5. The standard InChI is InChI=1S/C23H22F2N2O5S/c1-15-7-10-17(11-8-15)33(29,30)27(20-13-16(31-2)9-12-21(20)32-3)14-22(28)26-23-18(24)5-4-6-19(23)25/h4-13H,14H2,1-3H3,(H,26,28). The quantitative estimate of drug-likeness (QED) is 0.529. The highest BCUT2D eigenvalue weighted by Gasteiger charge is 2.30. The Kier molecular flexibility index (Phi) is 7.17. The van der Waals surface area contributed by atoms with Gasteiger partial charge in [0.1, 0.15) is 35.4 Å². The molecular weight excluding hydrogens is 454 g/mol. The fraction of sp³-hybridized carbons (Fsp3) is 0.174. The number of aryl methyl sites for hydroxylation is 1. The van der Waals surface area contributed by atoms with Gasteiger partial charge < -0.3 is 14.8 Å². The Morgan fingerprint density at radius 1 is 0.970 bits per heavy atom. The zero-order valence-corrected chi connectivity index (χ0v) is 18.9. The third-order valence-corrected chi connectivity index (χ3v) is 6.55. The van der Waals surface area contributed by atoms with E-state index in [-0.39, 0.29) is 16.3 Å². The Morgan fingerprint density at radius 2 is 1.61 bits per heavy atom. The van der Waals surface area contributed by atoms with Gasteiger partial charge in [-0.1, -0.05) is 23.8 Å². The Balaban J connectivity index is 2.08. The van der Waals surface area contributed by atoms with Crippen LogP contribution in [0.2, 0.25) is 0 Å². The van der Waals surface area contributed by atoms with E-state index in [1.54, 1.807) is 25.1 Å². The summed E-state index contributed by atoms with van der Waals surface area (Å²) in [6, 6.07) is 13.6. The van der Waals surface area contributed by atoms with Crippen LogP contribution in [0.5, 0.6) is 11.5 Å². The van der Waals surface area contributed by atoms with Gasteiger partial charge in [0.05, 0.1) is 24.8 Å². The largest absolute Gasteiger partial charge is 0.497 e. The van der Waals surface area contributed by atoms with E-state index in [0.29, 0.717) is 5.75 Å². The van der Waals surface area contributed by atoms with Crippen LogP contribution in [0, 0.1) is 18.6 Å². The lowest BCUT2D eigenvalue weighted by Crippen LogP contribution is -2.38. The smallest absolute Gasteiger partial charge is 0.264 e. The minimum absolute atomic E-state index is 0.0154. The van der Waals surface area contributed by atoms with E-state index in [4.69, 9.17) is 9.47 Å². The van der Waals surface area contributed by atoms with Crippen molar-refractivity contribution in [3.63, 3.8) is 0 Å². The van der Waals surface area contributed by atoms with Crippen LogP contribution in [0.1, 0.15) is 5.56 Å². The van der Waals surface area contributed by atoms with E-state index in [1.807, 2.05) is 0 Å². The number of sulfonamides is 1. The summed E-state index contributed by atoms with van der Waals surface area (Å²) in [5.74, 6) is -2.48. The van der Waals surface area contributed by atoms with Crippen molar-refractivity contribution >= 4 is 27.3 Å². The molecule has 7 nitrogen and oxygen atoms in total. The van der Waals surface area contributed by atoms with Crippen LogP contribution >= 0.6 is 0 Å². The van der Waals surface area contributed by atoms with Gasteiger partial charge in [-0.25, -0.2) is 17.2 Å². The predicted molar refractivity (Wildman–Crippen MR) is 120 cm³/mol. The first-order chi connectivity index (χ1) is 15.7. The van der Waals surface area contributed by atoms with E-state index >= 15 is 0 Å². The number of anilines is 2. The average molecular weight is 477 g/mol. The number of rotatable bonds is 8. The minimum atomic E-state index is -4.29. The summed E-state index contributed by atoms with van der Waals surface area (Å²) in [7, 11) is -1.54. The summed E-state index contributed by atoms with van der Waals surface area (Å²) in [4.78, 5) is 12.7. The number of methoxy groups -OCH3 is 2. The van der Waals surface area contributed by atoms with Crippen LogP contribution in [0.3, 0.4) is 0 Å². The van der Waals surface area contributed by atoms with Gasteiger partial charge in [0.15, 0.2) is 0 Å². The molecule has 0 aliphatic heterocycles. The molecule has 0 saturated carbocycles. The maximum absolute atomic E-state index is 14.0. The van der Waals surface area contributed by atoms with Crippen LogP contribution in [-0.4, -0.2) is 35.1 Å². The second-order valence-corrected chi connectivity index (χ2v) is 8.87. The maximum Gasteiger partial charge on any atom is 0.264 e. The lowest BCUT2D eigenvalue weighted by Gasteiger charge is -2.26. The molecular formula is C23H22F2N2O5S. The van der Waals surface area contributed by atoms with Gasteiger partial charge in [-0.15, -0.1) is 0 Å². The molecule has 3 aromatic rings. The molecule has 0 aromatic heterocycles. The molecule has 0 atom stereocenters. The molecule has 0 unspecified atom stereocenters. The Hall–Kier alpha value is -3.66. The SMILES string of the molecule is COc1ccc(OC)c(N(CC(=O)Nc2c(F)cccc2F)S(=O)(=O)c2ccc(C)cc2)c1. The number of amides is 1. The number of nitrogens with zero attached hydrogens (tertiary/aromatic N) is 1. The zero-order chi connectivity index (χ0) is 24.2. The van der Waals surface area contributed by atoms with Gasteiger partial charge in [-0.2, -0.15) is 0 Å². The molecule has 1 N–H and O–H groups in total. The maximum atomic E-state index is 14.0. The number of benzene rings is 3. The number of halogens is 2. The molecule has 0 spiro atoms. The van der Waals surface area contributed by atoms with E-state index in [1.165, 1.54) is 38.5 Å². The third kappa shape index (κ3) is 5.23. The summed E-state index contributed by atoms with van der Waals surface area (Å²) < 4.78 is 66.4. The lowest BCUT2D eigenvalue weighted by atomic mass is 10.2. The molecule has 0 fully saturated rings. The minimum Gasteiger partial charge on any atom is -0.497 e. The lowest BCUT2D eigenvalue weighted by molar-refractivity contribution is -0.114. The van der Waals surface area contributed by atoms with E-state index in [0.717, 1.165) is 28.1 Å². The topological polar surface area (TPSA) is 84.9 Å². The summed E-state index contributed by atoms with van der Waals surface area (Å²) in [6.45, 7) is 1.02. The van der Waals surface area contributed by atoms with Crippen LogP contribution in [0.25, 0.3) is 0 Å². The highest BCUT2D eigenvalue weighted by atomic mass is 32.2. The predicted octanol–water partition coefficient (Wildman–Crippen LogP) is 4.12. The van der Waals surface area contributed by atoms with Crippen LogP contribution in [-0.2, 0) is 14.8 Å². The number of hydrogen-bond donors (Lipinski definition) is 1. The Labute approximate surface area is 190 Å². The van der Waals surface area contributed by atoms with Gasteiger partial charge in [0, 0.05) is 6.07 Å². The molecule has 33 heavy (non-hydrogen) atoms. The molecule has 0 radical (unpaired) electrons. The van der Waals surface area contributed by atoms with Crippen LogP contribution in [0.4, 0.5) is 20.2 Å². The summed E-state index contributed by atoms with van der Waals surface area (Å²) >= 11 is 0. The molecule has 0 bridgehead atoms. The van der Waals surface area contributed by atoms with Crippen molar-refractivity contribution < 1.29 is 31.5 Å². The van der Waals surface area contributed by atoms with Crippen molar-refractivity contribution in [2.24, 2.45) is 0 Å². The molecule has 1 amide bonds. The summed E-state index contributed by atoms with van der Waals surface area (Å²) in [6.07, 6.45) is 0. The van der Waals surface area contributed by atoms with Gasteiger partial charge in [-0.3, -0.25) is 9.10 Å². The second-order valence-electron chi connectivity index (χ2n) is 7.01. The van der Waals surface area contributed by atoms with Crippen LogP contribution in [0.15, 0.2) is 65.6 Å². The van der Waals surface area contributed by atoms with E-state index in [9.17, 15) is 22.0 Å². The van der Waals surface area contributed by atoms with Gasteiger partial charge in [0.2, 0.25) is 5.91 Å². The molecule has 0 aliphatic carbocycles. The third-order valence-electron chi connectivity index (χ3n) is 4.78. The first-order valence-electron chi connectivity index (χ1n) is 9.72. The fourth-order valence-electron chi connectivity index (χ4n) is 3.06. The van der Waals surface area contributed by atoms with Crippen molar-refractivity contribution in [1.82, 2.24) is 0 Å². The summed E-state index contributed by atoms with van der Waals surface area (Å²) in [5.41, 5.74) is 0.182. The normalized spacial score (nSPS) is 11.1. The number of carbonyl (C=O) groups is 1. The summed E-state index contributed by atoms with van der Waals surface area (Å²) in [5, 5.41) is 2.11. The molecule has 174 valence electrons. The molecule has 0 heterocycles. The van der Waals surface area contributed by atoms with Crippen molar-refractivity contribution in [2.75, 3.05) is 30.4 Å².